The molecule has 0 bridgehead atoms. The van der Waals surface area contributed by atoms with Crippen molar-refractivity contribution in [2.45, 2.75) is 25.5 Å². The second-order valence-corrected chi connectivity index (χ2v) is 5.83. The zero-order valence-electron chi connectivity index (χ0n) is 12.8. The largest absolute Gasteiger partial charge is 0.380 e. The summed E-state index contributed by atoms with van der Waals surface area (Å²) in [6, 6.07) is 18.0. The number of methoxy groups -OCH3 is 1. The van der Waals surface area contributed by atoms with E-state index in [0.717, 1.165) is 5.56 Å². The molecule has 3 heteroatoms. The van der Waals surface area contributed by atoms with Gasteiger partial charge in [0.2, 0.25) is 0 Å². The molecule has 0 aliphatic heterocycles. The number of carbonyl (C=O) groups is 1. The Balaban J connectivity index is 1.75. The second-order valence-electron chi connectivity index (χ2n) is 5.83. The van der Waals surface area contributed by atoms with Gasteiger partial charge in [0.05, 0.1) is 12.6 Å². The van der Waals surface area contributed by atoms with E-state index < -0.39 is 0 Å². The van der Waals surface area contributed by atoms with Gasteiger partial charge in [-0.25, -0.2) is 0 Å². The summed E-state index contributed by atoms with van der Waals surface area (Å²) in [6.07, 6.45) is 2.37. The molecule has 3 rings (SSSR count). The van der Waals surface area contributed by atoms with Crippen LogP contribution in [0.3, 0.4) is 0 Å². The van der Waals surface area contributed by atoms with E-state index in [-0.39, 0.29) is 11.9 Å². The molecule has 0 spiro atoms. The molecule has 1 unspecified atom stereocenters. The number of ether oxygens (including phenoxy) is 1. The first-order valence-corrected chi connectivity index (χ1v) is 7.71. The summed E-state index contributed by atoms with van der Waals surface area (Å²) in [5.41, 5.74) is 2.89. The first-order valence-electron chi connectivity index (χ1n) is 7.71. The van der Waals surface area contributed by atoms with Crippen LogP contribution < -0.4 is 5.32 Å². The Morgan fingerprint density at radius 2 is 1.95 bits per heavy atom. The molecular weight excluding hydrogens is 274 g/mol. The quantitative estimate of drug-likeness (QED) is 0.882. The SMILES string of the molecule is COCc1cccc(C(=O)NC(c2ccccc2)C2CC2)c1. The molecule has 0 saturated heterocycles. The van der Waals surface area contributed by atoms with Gasteiger partial charge in [-0.2, -0.15) is 0 Å². The number of rotatable bonds is 6. The predicted molar refractivity (Wildman–Crippen MR) is 86.5 cm³/mol. The Kier molecular flexibility index (Phi) is 4.54. The standard InChI is InChI=1S/C19H21NO2/c1-22-13-14-6-5-9-17(12-14)19(21)20-18(16-10-11-16)15-7-3-2-4-8-15/h2-9,12,16,18H,10-11,13H2,1H3,(H,20,21). The maximum atomic E-state index is 12.6. The van der Waals surface area contributed by atoms with Crippen LogP contribution in [0.4, 0.5) is 0 Å². The van der Waals surface area contributed by atoms with Gasteiger partial charge in [-0.3, -0.25) is 4.79 Å². The maximum absolute atomic E-state index is 12.6. The third-order valence-electron chi connectivity index (χ3n) is 4.04. The molecule has 0 heterocycles. The predicted octanol–water partition coefficient (Wildman–Crippen LogP) is 3.71. The zero-order chi connectivity index (χ0) is 15.4. The number of hydrogen-bond donors (Lipinski definition) is 1. The lowest BCUT2D eigenvalue weighted by atomic mass is 10.0. The Morgan fingerprint density at radius 3 is 2.64 bits per heavy atom. The topological polar surface area (TPSA) is 38.3 Å². The van der Waals surface area contributed by atoms with Crippen LogP contribution >= 0.6 is 0 Å². The van der Waals surface area contributed by atoms with Gasteiger partial charge in [-0.15, -0.1) is 0 Å². The van der Waals surface area contributed by atoms with Crippen LogP contribution in [0.15, 0.2) is 54.6 Å². The summed E-state index contributed by atoms with van der Waals surface area (Å²) >= 11 is 0. The molecule has 1 saturated carbocycles. The molecule has 1 amide bonds. The number of benzene rings is 2. The molecule has 0 aromatic heterocycles. The third-order valence-corrected chi connectivity index (χ3v) is 4.04. The Morgan fingerprint density at radius 1 is 1.18 bits per heavy atom. The van der Waals surface area contributed by atoms with Crippen molar-refractivity contribution in [2.24, 2.45) is 5.92 Å². The van der Waals surface area contributed by atoms with Gasteiger partial charge in [-0.1, -0.05) is 42.5 Å². The number of carbonyl (C=O) groups excluding carboxylic acids is 1. The minimum atomic E-state index is -0.0151. The van der Waals surface area contributed by atoms with Gasteiger partial charge >= 0.3 is 0 Å². The summed E-state index contributed by atoms with van der Waals surface area (Å²) in [5.74, 6) is 0.548. The van der Waals surface area contributed by atoms with Crippen LogP contribution in [-0.4, -0.2) is 13.0 Å². The van der Waals surface area contributed by atoms with Crippen LogP contribution in [-0.2, 0) is 11.3 Å². The van der Waals surface area contributed by atoms with E-state index in [0.29, 0.717) is 18.1 Å². The van der Waals surface area contributed by atoms with Gasteiger partial charge < -0.3 is 10.1 Å². The molecule has 2 aromatic carbocycles. The fraction of sp³-hybridized carbons (Fsp3) is 0.316. The van der Waals surface area contributed by atoms with Crippen molar-refractivity contribution in [1.82, 2.24) is 5.32 Å². The van der Waals surface area contributed by atoms with Crippen molar-refractivity contribution in [1.29, 1.82) is 0 Å². The van der Waals surface area contributed by atoms with E-state index in [1.807, 2.05) is 42.5 Å². The number of amides is 1. The number of hydrogen-bond acceptors (Lipinski definition) is 2. The van der Waals surface area contributed by atoms with Crippen molar-refractivity contribution in [2.75, 3.05) is 7.11 Å². The van der Waals surface area contributed by atoms with Crippen molar-refractivity contribution in [3.8, 4) is 0 Å². The fourth-order valence-electron chi connectivity index (χ4n) is 2.76. The third kappa shape index (κ3) is 3.55. The summed E-state index contributed by atoms with van der Waals surface area (Å²) in [5, 5.41) is 3.20. The summed E-state index contributed by atoms with van der Waals surface area (Å²) in [6.45, 7) is 0.520. The molecular formula is C19H21NO2. The fourth-order valence-corrected chi connectivity index (χ4v) is 2.76. The summed E-state index contributed by atoms with van der Waals surface area (Å²) in [4.78, 5) is 12.6. The van der Waals surface area contributed by atoms with Gasteiger partial charge in [0.1, 0.15) is 0 Å². The molecule has 22 heavy (non-hydrogen) atoms. The first-order chi connectivity index (χ1) is 10.8. The lowest BCUT2D eigenvalue weighted by molar-refractivity contribution is 0.0931. The molecule has 3 nitrogen and oxygen atoms in total. The average Bonchev–Trinajstić information content (AvgIpc) is 3.38. The first kappa shape index (κ1) is 14.8. The Bertz CT molecular complexity index is 635. The molecule has 0 radical (unpaired) electrons. The van der Waals surface area contributed by atoms with Crippen LogP contribution in [0.25, 0.3) is 0 Å². The Hall–Kier alpha value is -2.13. The molecule has 1 atom stereocenters. The molecule has 1 N–H and O–H groups in total. The summed E-state index contributed by atoms with van der Waals surface area (Å²) < 4.78 is 5.13. The van der Waals surface area contributed by atoms with E-state index in [4.69, 9.17) is 4.74 Å². The van der Waals surface area contributed by atoms with Crippen LogP contribution in [0, 0.1) is 5.92 Å². The highest BCUT2D eigenvalue weighted by Gasteiger charge is 2.33. The highest BCUT2D eigenvalue weighted by molar-refractivity contribution is 5.94. The lowest BCUT2D eigenvalue weighted by Crippen LogP contribution is -2.29. The molecule has 1 aliphatic rings. The van der Waals surface area contributed by atoms with E-state index >= 15 is 0 Å². The number of nitrogens with one attached hydrogen (secondary N) is 1. The van der Waals surface area contributed by atoms with Gasteiger partial charge in [0.15, 0.2) is 0 Å². The second kappa shape index (κ2) is 6.75. The Labute approximate surface area is 131 Å². The van der Waals surface area contributed by atoms with Crippen LogP contribution in [0.2, 0.25) is 0 Å². The average molecular weight is 295 g/mol. The minimum absolute atomic E-state index is 0.0151. The molecule has 2 aromatic rings. The van der Waals surface area contributed by atoms with E-state index in [2.05, 4.69) is 17.4 Å². The summed E-state index contributed by atoms with van der Waals surface area (Å²) in [7, 11) is 1.66. The van der Waals surface area contributed by atoms with E-state index in [9.17, 15) is 4.79 Å². The van der Waals surface area contributed by atoms with Crippen molar-refractivity contribution in [3.63, 3.8) is 0 Å². The highest BCUT2D eigenvalue weighted by Crippen LogP contribution is 2.41. The van der Waals surface area contributed by atoms with Crippen molar-refractivity contribution >= 4 is 5.91 Å². The van der Waals surface area contributed by atoms with Gasteiger partial charge in [-0.05, 0) is 42.0 Å². The highest BCUT2D eigenvalue weighted by atomic mass is 16.5. The smallest absolute Gasteiger partial charge is 0.251 e. The normalized spacial score (nSPS) is 15.3. The molecule has 1 fully saturated rings. The lowest BCUT2D eigenvalue weighted by Gasteiger charge is -2.19. The maximum Gasteiger partial charge on any atom is 0.251 e. The molecule has 114 valence electrons. The van der Waals surface area contributed by atoms with Gasteiger partial charge in [0, 0.05) is 12.7 Å². The van der Waals surface area contributed by atoms with Gasteiger partial charge in [0.25, 0.3) is 5.91 Å². The van der Waals surface area contributed by atoms with E-state index in [1.54, 1.807) is 7.11 Å². The zero-order valence-corrected chi connectivity index (χ0v) is 12.8. The minimum Gasteiger partial charge on any atom is -0.380 e. The molecule has 1 aliphatic carbocycles. The monoisotopic (exact) mass is 295 g/mol. The van der Waals surface area contributed by atoms with Crippen LogP contribution in [0.5, 0.6) is 0 Å². The van der Waals surface area contributed by atoms with E-state index in [1.165, 1.54) is 18.4 Å². The van der Waals surface area contributed by atoms with Crippen LogP contribution in [0.1, 0.15) is 40.4 Å². The van der Waals surface area contributed by atoms with Crippen molar-refractivity contribution in [3.05, 3.63) is 71.3 Å². The van der Waals surface area contributed by atoms with Crippen molar-refractivity contribution < 1.29 is 9.53 Å².